The Bertz CT molecular complexity index is 206. The summed E-state index contributed by atoms with van der Waals surface area (Å²) in [7, 11) is 0. The number of hydrogen-bond donors (Lipinski definition) is 1. The summed E-state index contributed by atoms with van der Waals surface area (Å²) in [6, 6.07) is 0. The number of rotatable bonds is 2. The molecular weight excluding hydrogens is 148 g/mol. The first-order valence-corrected chi connectivity index (χ1v) is 3.91. The average Bonchev–Trinajstić information content (AvgIpc) is 1.81. The Morgan fingerprint density at radius 1 is 1.70 bits per heavy atom. The summed E-state index contributed by atoms with van der Waals surface area (Å²) in [5.74, 6) is 2.32. The molecule has 0 fully saturated rings. The maximum atomic E-state index is 10.5. The highest BCUT2D eigenvalue weighted by atomic mass is 32.2. The van der Waals surface area contributed by atoms with Crippen molar-refractivity contribution in [1.82, 2.24) is 0 Å². The smallest absolute Gasteiger partial charge is 0.183 e. The van der Waals surface area contributed by atoms with Crippen molar-refractivity contribution in [2.45, 2.75) is 20.3 Å². The van der Waals surface area contributed by atoms with Crippen molar-refractivity contribution in [2.75, 3.05) is 0 Å². The lowest BCUT2D eigenvalue weighted by atomic mass is 10.3. The zero-order valence-corrected chi connectivity index (χ0v) is 6.86. The third-order valence-corrected chi connectivity index (χ3v) is 2.01. The molecule has 0 saturated carbocycles. The molecule has 56 valence electrons. The predicted octanol–water partition coefficient (Wildman–Crippen LogP) is 1.53. The summed E-state index contributed by atoms with van der Waals surface area (Å²) in [5, 5.41) is 0. The monoisotopic (exact) mass is 158 g/mol. The molecule has 1 atom stereocenters. The summed E-state index contributed by atoms with van der Waals surface area (Å²) in [6.07, 6.45) is 5.23. The second kappa shape index (κ2) is 4.26. The van der Waals surface area contributed by atoms with Crippen molar-refractivity contribution in [3.05, 3.63) is 10.5 Å². The van der Waals surface area contributed by atoms with E-state index in [1.165, 1.54) is 0 Å². The molecular formula is C7H10O2S. The van der Waals surface area contributed by atoms with Crippen LogP contribution in [0.15, 0.2) is 10.5 Å². The van der Waals surface area contributed by atoms with E-state index in [4.69, 9.17) is 11.0 Å². The Morgan fingerprint density at radius 3 is 2.30 bits per heavy atom. The van der Waals surface area contributed by atoms with Crippen LogP contribution in [0.25, 0.3) is 0 Å². The zero-order valence-electron chi connectivity index (χ0n) is 6.05. The molecule has 1 unspecified atom stereocenters. The maximum Gasteiger partial charge on any atom is 0.183 e. The molecule has 0 amide bonds. The van der Waals surface area contributed by atoms with Crippen LogP contribution in [0.2, 0.25) is 0 Å². The minimum absolute atomic E-state index is 0.255. The van der Waals surface area contributed by atoms with Crippen molar-refractivity contribution in [3.8, 4) is 12.3 Å². The lowest BCUT2D eigenvalue weighted by Gasteiger charge is -1.98. The quantitative estimate of drug-likeness (QED) is 0.488. The second-order valence-corrected chi connectivity index (χ2v) is 3.04. The van der Waals surface area contributed by atoms with Crippen LogP contribution in [0.5, 0.6) is 0 Å². The van der Waals surface area contributed by atoms with E-state index in [9.17, 15) is 4.21 Å². The largest absolute Gasteiger partial charge is 0.302 e. The van der Waals surface area contributed by atoms with Gasteiger partial charge in [-0.05, 0) is 13.8 Å². The summed E-state index contributed by atoms with van der Waals surface area (Å²) in [6.45, 7) is 3.53. The van der Waals surface area contributed by atoms with Crippen molar-refractivity contribution in [1.29, 1.82) is 0 Å². The molecule has 0 aromatic carbocycles. The standard InChI is InChI=1S/C7H10O2S/c1-4-5-7(6(2)3)10(8)9/h1H,5H2,2-3H3,(H,8,9). The minimum atomic E-state index is -1.90. The lowest BCUT2D eigenvalue weighted by molar-refractivity contribution is 0.570. The first-order chi connectivity index (χ1) is 4.59. The van der Waals surface area contributed by atoms with Crippen molar-refractivity contribution < 1.29 is 8.76 Å². The SMILES string of the molecule is C#CCC(=C(C)C)S(=O)O. The number of terminal acetylenes is 1. The van der Waals surface area contributed by atoms with Crippen LogP contribution in [0.4, 0.5) is 0 Å². The maximum absolute atomic E-state index is 10.5. The van der Waals surface area contributed by atoms with Crippen molar-refractivity contribution in [3.63, 3.8) is 0 Å². The van der Waals surface area contributed by atoms with Crippen LogP contribution in [0, 0.1) is 12.3 Å². The number of hydrogen-bond acceptors (Lipinski definition) is 1. The van der Waals surface area contributed by atoms with Gasteiger partial charge in [-0.1, -0.05) is 5.57 Å². The Hall–Kier alpha value is -0.590. The van der Waals surface area contributed by atoms with Gasteiger partial charge in [0.1, 0.15) is 0 Å². The van der Waals surface area contributed by atoms with Gasteiger partial charge in [0.2, 0.25) is 0 Å². The normalized spacial score (nSPS) is 11.8. The van der Waals surface area contributed by atoms with E-state index in [1.807, 2.05) is 0 Å². The van der Waals surface area contributed by atoms with Gasteiger partial charge in [-0.2, -0.15) is 0 Å². The van der Waals surface area contributed by atoms with E-state index >= 15 is 0 Å². The molecule has 0 aromatic rings. The molecule has 0 bridgehead atoms. The molecule has 0 aliphatic carbocycles. The molecule has 0 heterocycles. The van der Waals surface area contributed by atoms with Gasteiger partial charge in [0.15, 0.2) is 11.1 Å². The molecule has 0 spiro atoms. The van der Waals surface area contributed by atoms with Gasteiger partial charge in [0.25, 0.3) is 0 Å². The fourth-order valence-electron chi connectivity index (χ4n) is 0.506. The Kier molecular flexibility index (Phi) is 4.01. The fourth-order valence-corrected chi connectivity index (χ4v) is 1.06. The highest BCUT2D eigenvalue weighted by Crippen LogP contribution is 2.09. The van der Waals surface area contributed by atoms with Crippen LogP contribution in [-0.4, -0.2) is 8.76 Å². The Labute approximate surface area is 63.6 Å². The van der Waals surface area contributed by atoms with Crippen LogP contribution in [0.3, 0.4) is 0 Å². The van der Waals surface area contributed by atoms with Gasteiger partial charge >= 0.3 is 0 Å². The molecule has 2 nitrogen and oxygen atoms in total. The second-order valence-electron chi connectivity index (χ2n) is 2.05. The van der Waals surface area contributed by atoms with Crippen LogP contribution in [-0.2, 0) is 11.1 Å². The summed E-state index contributed by atoms with van der Waals surface area (Å²) < 4.78 is 19.1. The Balaban J connectivity index is 4.48. The highest BCUT2D eigenvalue weighted by Gasteiger charge is 2.03. The van der Waals surface area contributed by atoms with Gasteiger partial charge in [-0.3, -0.25) is 0 Å². The van der Waals surface area contributed by atoms with E-state index in [0.29, 0.717) is 4.91 Å². The zero-order chi connectivity index (χ0) is 8.15. The molecule has 0 saturated heterocycles. The molecule has 0 aromatic heterocycles. The van der Waals surface area contributed by atoms with Crippen LogP contribution in [0.1, 0.15) is 20.3 Å². The van der Waals surface area contributed by atoms with Crippen LogP contribution < -0.4 is 0 Å². The van der Waals surface area contributed by atoms with Crippen molar-refractivity contribution in [2.24, 2.45) is 0 Å². The fraction of sp³-hybridized carbons (Fsp3) is 0.429. The summed E-state index contributed by atoms with van der Waals surface area (Å²) in [5.41, 5.74) is 0.818. The van der Waals surface area contributed by atoms with Gasteiger partial charge < -0.3 is 4.55 Å². The Morgan fingerprint density at radius 2 is 2.20 bits per heavy atom. The van der Waals surface area contributed by atoms with E-state index in [-0.39, 0.29) is 6.42 Å². The van der Waals surface area contributed by atoms with E-state index in [1.54, 1.807) is 13.8 Å². The highest BCUT2D eigenvalue weighted by molar-refractivity contribution is 7.83. The molecule has 0 aliphatic heterocycles. The lowest BCUT2D eigenvalue weighted by Crippen LogP contribution is -1.93. The molecule has 1 N–H and O–H groups in total. The van der Waals surface area contributed by atoms with Gasteiger partial charge in [0.05, 0.1) is 4.91 Å². The summed E-state index contributed by atoms with van der Waals surface area (Å²) >= 11 is -1.90. The first-order valence-electron chi connectivity index (χ1n) is 2.80. The van der Waals surface area contributed by atoms with E-state index in [0.717, 1.165) is 5.57 Å². The molecule has 0 rings (SSSR count). The van der Waals surface area contributed by atoms with Gasteiger partial charge in [-0.15, -0.1) is 12.3 Å². The molecule has 0 aliphatic rings. The number of allylic oxidation sites excluding steroid dienone is 2. The molecule has 10 heavy (non-hydrogen) atoms. The molecule has 0 radical (unpaired) electrons. The minimum Gasteiger partial charge on any atom is -0.302 e. The third kappa shape index (κ3) is 2.81. The van der Waals surface area contributed by atoms with Gasteiger partial charge in [-0.25, -0.2) is 4.21 Å². The van der Waals surface area contributed by atoms with Crippen molar-refractivity contribution >= 4 is 11.1 Å². The third-order valence-electron chi connectivity index (χ3n) is 1.03. The predicted molar refractivity (Wildman–Crippen MR) is 42.6 cm³/mol. The first kappa shape index (κ1) is 9.41. The van der Waals surface area contributed by atoms with Gasteiger partial charge in [0, 0.05) is 6.42 Å². The van der Waals surface area contributed by atoms with E-state index < -0.39 is 11.1 Å². The molecule has 3 heteroatoms. The van der Waals surface area contributed by atoms with E-state index in [2.05, 4.69) is 5.92 Å². The average molecular weight is 158 g/mol. The summed E-state index contributed by atoms with van der Waals surface area (Å²) in [4.78, 5) is 0.433. The van der Waals surface area contributed by atoms with Crippen LogP contribution >= 0.6 is 0 Å². The topological polar surface area (TPSA) is 37.3 Å².